The van der Waals surface area contributed by atoms with Gasteiger partial charge in [-0.15, -0.1) is 11.8 Å². The van der Waals surface area contributed by atoms with Crippen LogP contribution in [0.25, 0.3) is 6.08 Å². The van der Waals surface area contributed by atoms with E-state index < -0.39 is 17.1 Å². The molecule has 0 aliphatic rings. The second kappa shape index (κ2) is 16.7. The molecule has 0 fully saturated rings. The minimum atomic E-state index is -0.662. The Balaban J connectivity index is 1.40. The number of hydrogen-bond acceptors (Lipinski definition) is 6. The lowest BCUT2D eigenvalue weighted by atomic mass is 10.1. The zero-order chi connectivity index (χ0) is 34.8. The van der Waals surface area contributed by atoms with E-state index in [4.69, 9.17) is 32.7 Å². The van der Waals surface area contributed by atoms with E-state index in [1.807, 2.05) is 36.4 Å². The van der Waals surface area contributed by atoms with Crippen molar-refractivity contribution in [2.24, 2.45) is 0 Å². The van der Waals surface area contributed by atoms with E-state index in [0.29, 0.717) is 43.9 Å². The molecule has 248 valence electrons. The number of anilines is 2. The SMILES string of the molecule is COc1ccc(NC(=O)C(Sc2cccc(NC(=O)/C(=C\c3cccc(Cl)c3Cl)NC(=O)c3ccccc3)c2)c2ccccc2)c(OC)c1. The van der Waals surface area contributed by atoms with Gasteiger partial charge in [0.1, 0.15) is 22.4 Å². The summed E-state index contributed by atoms with van der Waals surface area (Å²) in [6, 6.07) is 35.1. The fourth-order valence-electron chi connectivity index (χ4n) is 4.71. The highest BCUT2D eigenvalue weighted by atomic mass is 35.5. The van der Waals surface area contributed by atoms with Crippen molar-refractivity contribution in [2.45, 2.75) is 10.1 Å². The average molecular weight is 713 g/mol. The Kier molecular flexibility index (Phi) is 12.0. The van der Waals surface area contributed by atoms with Gasteiger partial charge in [0.25, 0.3) is 11.8 Å². The third-order valence-corrected chi connectivity index (χ3v) is 9.24. The molecule has 49 heavy (non-hydrogen) atoms. The van der Waals surface area contributed by atoms with Crippen molar-refractivity contribution in [3.8, 4) is 11.5 Å². The molecule has 5 aromatic carbocycles. The number of nitrogens with one attached hydrogen (secondary N) is 3. The smallest absolute Gasteiger partial charge is 0.272 e. The molecule has 0 saturated heterocycles. The quantitative estimate of drug-likeness (QED) is 0.0882. The highest BCUT2D eigenvalue weighted by Crippen LogP contribution is 2.38. The molecule has 1 unspecified atom stereocenters. The van der Waals surface area contributed by atoms with Crippen molar-refractivity contribution in [1.29, 1.82) is 0 Å². The van der Waals surface area contributed by atoms with Gasteiger partial charge < -0.3 is 25.4 Å². The minimum Gasteiger partial charge on any atom is -0.497 e. The van der Waals surface area contributed by atoms with Crippen LogP contribution in [0, 0.1) is 0 Å². The van der Waals surface area contributed by atoms with Gasteiger partial charge in [0, 0.05) is 22.2 Å². The lowest BCUT2D eigenvalue weighted by molar-refractivity contribution is -0.116. The van der Waals surface area contributed by atoms with Gasteiger partial charge in [-0.3, -0.25) is 14.4 Å². The van der Waals surface area contributed by atoms with E-state index in [-0.39, 0.29) is 16.6 Å². The lowest BCUT2D eigenvalue weighted by Gasteiger charge is -2.19. The number of thioether (sulfide) groups is 1. The van der Waals surface area contributed by atoms with Crippen molar-refractivity contribution in [3.05, 3.63) is 154 Å². The monoisotopic (exact) mass is 711 g/mol. The number of methoxy groups -OCH3 is 2. The lowest BCUT2D eigenvalue weighted by Crippen LogP contribution is -2.30. The van der Waals surface area contributed by atoms with Crippen LogP contribution >= 0.6 is 35.0 Å². The Bertz CT molecular complexity index is 1990. The van der Waals surface area contributed by atoms with Crippen LogP contribution in [0.1, 0.15) is 26.7 Å². The number of ether oxygens (including phenoxy) is 2. The van der Waals surface area contributed by atoms with Crippen LogP contribution < -0.4 is 25.4 Å². The Labute approximate surface area is 298 Å². The normalized spacial score (nSPS) is 11.6. The number of hydrogen-bond donors (Lipinski definition) is 3. The number of carbonyl (C=O) groups is 3. The standard InChI is InChI=1S/C38H31Cl2N3O5S/c1-47-28-19-20-31(33(23-28)48-2)42-38(46)35(24-11-5-3-6-12-24)49-29-17-10-16-27(22-29)41-37(45)32(21-26-15-9-18-30(39)34(26)40)43-36(44)25-13-7-4-8-14-25/h3-23,35H,1-2H3,(H,41,45)(H,42,46)(H,43,44)/b32-21+. The summed E-state index contributed by atoms with van der Waals surface area (Å²) in [4.78, 5) is 41.3. The number of benzene rings is 5. The van der Waals surface area contributed by atoms with Gasteiger partial charge in [0.15, 0.2) is 0 Å². The summed E-state index contributed by atoms with van der Waals surface area (Å²) >= 11 is 13.9. The molecule has 0 heterocycles. The second-order valence-electron chi connectivity index (χ2n) is 10.5. The maximum Gasteiger partial charge on any atom is 0.272 e. The Morgan fingerprint density at radius 1 is 0.755 bits per heavy atom. The van der Waals surface area contributed by atoms with Crippen LogP contribution in [0.5, 0.6) is 11.5 Å². The van der Waals surface area contributed by atoms with Crippen molar-refractivity contribution >= 4 is 70.1 Å². The molecule has 3 N–H and O–H groups in total. The molecule has 0 bridgehead atoms. The van der Waals surface area contributed by atoms with Crippen molar-refractivity contribution in [1.82, 2.24) is 5.32 Å². The molecule has 8 nitrogen and oxygen atoms in total. The fourth-order valence-corrected chi connectivity index (χ4v) is 6.16. The topological polar surface area (TPSA) is 106 Å². The summed E-state index contributed by atoms with van der Waals surface area (Å²) in [6.07, 6.45) is 1.46. The van der Waals surface area contributed by atoms with Crippen LogP contribution in [-0.4, -0.2) is 31.9 Å². The molecule has 1 atom stereocenters. The third-order valence-electron chi connectivity index (χ3n) is 7.16. The number of halogens is 2. The van der Waals surface area contributed by atoms with Gasteiger partial charge in [0.05, 0.1) is 30.0 Å². The highest BCUT2D eigenvalue weighted by Gasteiger charge is 2.24. The number of carbonyl (C=O) groups excluding carboxylic acids is 3. The van der Waals surface area contributed by atoms with E-state index in [0.717, 1.165) is 5.56 Å². The van der Waals surface area contributed by atoms with E-state index in [9.17, 15) is 14.4 Å². The second-order valence-corrected chi connectivity index (χ2v) is 12.4. The Morgan fingerprint density at radius 2 is 1.47 bits per heavy atom. The molecule has 5 rings (SSSR count). The van der Waals surface area contributed by atoms with Gasteiger partial charge in [0.2, 0.25) is 5.91 Å². The largest absolute Gasteiger partial charge is 0.497 e. The molecule has 3 amide bonds. The Morgan fingerprint density at radius 3 is 2.18 bits per heavy atom. The van der Waals surface area contributed by atoms with Crippen LogP contribution in [0.4, 0.5) is 11.4 Å². The molecule has 0 spiro atoms. The first-order chi connectivity index (χ1) is 23.7. The van der Waals surface area contributed by atoms with E-state index in [1.54, 1.807) is 92.0 Å². The molecule has 11 heteroatoms. The van der Waals surface area contributed by atoms with Crippen LogP contribution in [0.2, 0.25) is 10.0 Å². The summed E-state index contributed by atoms with van der Waals surface area (Å²) in [7, 11) is 3.07. The predicted octanol–water partition coefficient (Wildman–Crippen LogP) is 8.89. The van der Waals surface area contributed by atoms with Crippen molar-refractivity contribution in [3.63, 3.8) is 0 Å². The Hall–Kier alpha value is -5.22. The van der Waals surface area contributed by atoms with Crippen LogP contribution in [0.3, 0.4) is 0 Å². The molecule has 5 aromatic rings. The van der Waals surface area contributed by atoms with Gasteiger partial charge in [-0.25, -0.2) is 0 Å². The first kappa shape index (κ1) is 35.1. The summed E-state index contributed by atoms with van der Waals surface area (Å²) in [5, 5.41) is 8.42. The average Bonchev–Trinajstić information content (AvgIpc) is 3.13. The zero-order valence-electron chi connectivity index (χ0n) is 26.4. The van der Waals surface area contributed by atoms with Gasteiger partial charge >= 0.3 is 0 Å². The van der Waals surface area contributed by atoms with E-state index in [1.165, 1.54) is 24.9 Å². The number of rotatable bonds is 12. The predicted molar refractivity (Wildman–Crippen MR) is 197 cm³/mol. The van der Waals surface area contributed by atoms with Gasteiger partial charge in [-0.2, -0.15) is 0 Å². The molecule has 0 aromatic heterocycles. The molecular formula is C38H31Cl2N3O5S. The highest BCUT2D eigenvalue weighted by molar-refractivity contribution is 8.00. The molecule has 0 saturated carbocycles. The van der Waals surface area contributed by atoms with Crippen LogP contribution in [0.15, 0.2) is 132 Å². The van der Waals surface area contributed by atoms with Crippen LogP contribution in [-0.2, 0) is 9.59 Å². The maximum absolute atomic E-state index is 13.8. The summed E-state index contributed by atoms with van der Waals surface area (Å²) in [5.41, 5.74) is 2.48. The summed E-state index contributed by atoms with van der Waals surface area (Å²) in [6.45, 7) is 0. The minimum absolute atomic E-state index is 0.0499. The molecular weight excluding hydrogens is 681 g/mol. The zero-order valence-corrected chi connectivity index (χ0v) is 28.7. The number of amides is 3. The first-order valence-electron chi connectivity index (χ1n) is 14.9. The summed E-state index contributed by atoms with van der Waals surface area (Å²) < 4.78 is 10.8. The van der Waals surface area contributed by atoms with Gasteiger partial charge in [-0.05, 0) is 65.7 Å². The molecule has 0 aliphatic carbocycles. The third kappa shape index (κ3) is 9.23. The van der Waals surface area contributed by atoms with Gasteiger partial charge in [-0.1, -0.05) is 89.9 Å². The van der Waals surface area contributed by atoms with Crippen molar-refractivity contribution in [2.75, 3.05) is 24.9 Å². The maximum atomic E-state index is 13.8. The molecule has 0 radical (unpaired) electrons. The summed E-state index contributed by atoms with van der Waals surface area (Å²) in [5.74, 6) is -0.296. The van der Waals surface area contributed by atoms with E-state index in [2.05, 4.69) is 16.0 Å². The first-order valence-corrected chi connectivity index (χ1v) is 16.6. The molecule has 0 aliphatic heterocycles. The van der Waals surface area contributed by atoms with Crippen molar-refractivity contribution < 1.29 is 23.9 Å². The van der Waals surface area contributed by atoms with E-state index >= 15 is 0 Å². The fraction of sp³-hybridized carbons (Fsp3) is 0.0789.